The van der Waals surface area contributed by atoms with E-state index in [1.54, 1.807) is 0 Å². The first-order valence-corrected chi connectivity index (χ1v) is 6.45. The van der Waals surface area contributed by atoms with Crippen LogP contribution >= 0.6 is 0 Å². The molecule has 0 amide bonds. The second-order valence-electron chi connectivity index (χ2n) is 4.24. The normalized spacial score (nSPS) is 11.3. The van der Waals surface area contributed by atoms with E-state index in [2.05, 4.69) is 12.2 Å². The van der Waals surface area contributed by atoms with Gasteiger partial charge in [0.15, 0.2) is 0 Å². The molecular weight excluding hydrogens is 232 g/mol. The van der Waals surface area contributed by atoms with Crippen LogP contribution in [0.2, 0.25) is 0 Å². The highest BCUT2D eigenvalue weighted by Crippen LogP contribution is 2.22. The quantitative estimate of drug-likeness (QED) is 0.691. The van der Waals surface area contributed by atoms with Crippen LogP contribution in [0.15, 0.2) is 60.7 Å². The van der Waals surface area contributed by atoms with Crippen molar-refractivity contribution in [1.29, 1.82) is 0 Å². The molecule has 0 aliphatic heterocycles. The van der Waals surface area contributed by atoms with Gasteiger partial charge in [-0.05, 0) is 49.2 Å². The third-order valence-corrected chi connectivity index (χ3v) is 2.71. The van der Waals surface area contributed by atoms with Gasteiger partial charge in [-0.25, -0.2) is 0 Å². The molecule has 2 rings (SSSR count). The van der Waals surface area contributed by atoms with Gasteiger partial charge in [0.1, 0.15) is 11.5 Å². The Bertz CT molecular complexity index is 506. The van der Waals surface area contributed by atoms with Gasteiger partial charge in [0, 0.05) is 0 Å². The van der Waals surface area contributed by atoms with E-state index in [-0.39, 0.29) is 0 Å². The second-order valence-corrected chi connectivity index (χ2v) is 4.24. The molecule has 2 aromatic rings. The molecule has 0 spiro atoms. The summed E-state index contributed by atoms with van der Waals surface area (Å²) in [7, 11) is 0. The third kappa shape index (κ3) is 3.85. The first-order chi connectivity index (χ1) is 9.31. The molecule has 2 aromatic carbocycles. The molecule has 0 aliphatic rings. The summed E-state index contributed by atoms with van der Waals surface area (Å²) in [4.78, 5) is 0. The Balaban J connectivity index is 2.07. The first kappa shape index (κ1) is 13.2. The average molecular weight is 250 g/mol. The Morgan fingerprint density at radius 2 is 1.00 bits per heavy atom. The maximum absolute atomic E-state index is 5.80. The number of hydrogen-bond acceptors (Lipinski definition) is 1. The van der Waals surface area contributed by atoms with Crippen LogP contribution in [0.5, 0.6) is 11.5 Å². The minimum atomic E-state index is 0.854. The van der Waals surface area contributed by atoms with Crippen LogP contribution in [0.4, 0.5) is 0 Å². The topological polar surface area (TPSA) is 9.23 Å². The second kappa shape index (κ2) is 6.60. The highest BCUT2D eigenvalue weighted by molar-refractivity contribution is 5.52. The summed E-state index contributed by atoms with van der Waals surface area (Å²) in [5.41, 5.74) is 2.36. The summed E-state index contributed by atoms with van der Waals surface area (Å²) < 4.78 is 5.80. The molecule has 0 unspecified atom stereocenters. The number of allylic oxidation sites excluding steroid dienone is 2. The van der Waals surface area contributed by atoms with Gasteiger partial charge < -0.3 is 4.74 Å². The summed E-state index contributed by atoms with van der Waals surface area (Å²) in [6.45, 7) is 4.02. The average Bonchev–Trinajstić information content (AvgIpc) is 2.44. The molecule has 0 fully saturated rings. The van der Waals surface area contributed by atoms with Crippen molar-refractivity contribution in [1.82, 2.24) is 0 Å². The largest absolute Gasteiger partial charge is 0.457 e. The lowest BCUT2D eigenvalue weighted by molar-refractivity contribution is 0.482. The van der Waals surface area contributed by atoms with Gasteiger partial charge in [0.05, 0.1) is 0 Å². The zero-order valence-electron chi connectivity index (χ0n) is 11.3. The van der Waals surface area contributed by atoms with Crippen molar-refractivity contribution in [3.05, 3.63) is 71.8 Å². The predicted octanol–water partition coefficient (Wildman–Crippen LogP) is 5.55. The van der Waals surface area contributed by atoms with E-state index in [1.165, 1.54) is 11.1 Å². The molecule has 96 valence electrons. The Labute approximate surface area is 114 Å². The van der Waals surface area contributed by atoms with Crippen molar-refractivity contribution < 1.29 is 4.74 Å². The lowest BCUT2D eigenvalue weighted by Gasteiger charge is -2.06. The van der Waals surface area contributed by atoms with Crippen molar-refractivity contribution in [2.24, 2.45) is 0 Å². The summed E-state index contributed by atoms with van der Waals surface area (Å²) in [5.74, 6) is 1.71. The maximum atomic E-state index is 5.80. The fourth-order valence-electron chi connectivity index (χ4n) is 1.81. The third-order valence-electron chi connectivity index (χ3n) is 2.71. The first-order valence-electron chi connectivity index (χ1n) is 6.45. The van der Waals surface area contributed by atoms with Crippen LogP contribution in [0, 0.1) is 0 Å². The zero-order valence-corrected chi connectivity index (χ0v) is 11.3. The molecule has 0 saturated heterocycles. The van der Waals surface area contributed by atoms with Gasteiger partial charge >= 0.3 is 0 Å². The van der Waals surface area contributed by atoms with Crippen molar-refractivity contribution in [3.8, 4) is 11.5 Å². The molecule has 0 N–H and O–H groups in total. The fourth-order valence-corrected chi connectivity index (χ4v) is 1.81. The Morgan fingerprint density at radius 3 is 1.32 bits per heavy atom. The molecular formula is C18H18O. The van der Waals surface area contributed by atoms with Crippen molar-refractivity contribution in [2.75, 3.05) is 0 Å². The van der Waals surface area contributed by atoms with Gasteiger partial charge in [-0.2, -0.15) is 0 Å². The van der Waals surface area contributed by atoms with E-state index >= 15 is 0 Å². The molecule has 0 atom stereocenters. The monoisotopic (exact) mass is 250 g/mol. The van der Waals surface area contributed by atoms with Gasteiger partial charge in [-0.3, -0.25) is 0 Å². The number of rotatable bonds is 4. The van der Waals surface area contributed by atoms with E-state index in [0.29, 0.717) is 0 Å². The Hall–Kier alpha value is -2.28. The molecule has 0 bridgehead atoms. The summed E-state index contributed by atoms with van der Waals surface area (Å²) in [6.07, 6.45) is 8.18. The van der Waals surface area contributed by atoms with Crippen LogP contribution in [0.25, 0.3) is 12.2 Å². The van der Waals surface area contributed by atoms with Crippen molar-refractivity contribution in [2.45, 2.75) is 13.8 Å². The van der Waals surface area contributed by atoms with E-state index in [0.717, 1.165) is 11.5 Å². The number of benzene rings is 2. The van der Waals surface area contributed by atoms with Gasteiger partial charge in [0.2, 0.25) is 0 Å². The molecule has 0 radical (unpaired) electrons. The van der Waals surface area contributed by atoms with Crippen molar-refractivity contribution >= 4 is 12.2 Å². The standard InChI is InChI=1S/C18H18O/c1-3-5-15-7-11-17(12-8-15)19-18-13-9-16(6-4-2)10-14-18/h3-14H,1-2H3/b5-3-,6-4+. The van der Waals surface area contributed by atoms with Crippen LogP contribution < -0.4 is 4.74 Å². The van der Waals surface area contributed by atoms with Crippen LogP contribution in [-0.2, 0) is 0 Å². The molecule has 0 aromatic heterocycles. The van der Waals surface area contributed by atoms with E-state index in [1.807, 2.05) is 74.5 Å². The van der Waals surface area contributed by atoms with E-state index in [9.17, 15) is 0 Å². The molecule has 0 aliphatic carbocycles. The van der Waals surface area contributed by atoms with Crippen LogP contribution in [0.1, 0.15) is 25.0 Å². The lowest BCUT2D eigenvalue weighted by Crippen LogP contribution is -1.84. The van der Waals surface area contributed by atoms with Crippen LogP contribution in [-0.4, -0.2) is 0 Å². The smallest absolute Gasteiger partial charge is 0.127 e. The van der Waals surface area contributed by atoms with Gasteiger partial charge in [0.25, 0.3) is 0 Å². The molecule has 1 nitrogen and oxygen atoms in total. The Kier molecular flexibility index (Phi) is 4.57. The SMILES string of the molecule is C/C=C\c1ccc(Oc2ccc(/C=C/C)cc2)cc1. The number of hydrogen-bond donors (Lipinski definition) is 0. The zero-order chi connectivity index (χ0) is 13.5. The van der Waals surface area contributed by atoms with Crippen molar-refractivity contribution in [3.63, 3.8) is 0 Å². The summed E-state index contributed by atoms with van der Waals surface area (Å²) in [6, 6.07) is 16.1. The predicted molar refractivity (Wildman–Crippen MR) is 82.4 cm³/mol. The van der Waals surface area contributed by atoms with E-state index < -0.39 is 0 Å². The molecule has 0 heterocycles. The highest BCUT2D eigenvalue weighted by atomic mass is 16.5. The lowest BCUT2D eigenvalue weighted by atomic mass is 10.2. The number of ether oxygens (including phenoxy) is 1. The summed E-state index contributed by atoms with van der Waals surface area (Å²) in [5, 5.41) is 0. The maximum Gasteiger partial charge on any atom is 0.127 e. The minimum absolute atomic E-state index is 0.854. The Morgan fingerprint density at radius 1 is 0.632 bits per heavy atom. The summed E-state index contributed by atoms with van der Waals surface area (Å²) >= 11 is 0. The van der Waals surface area contributed by atoms with Gasteiger partial charge in [-0.15, -0.1) is 0 Å². The molecule has 0 saturated carbocycles. The molecule has 1 heteroatoms. The highest BCUT2D eigenvalue weighted by Gasteiger charge is 1.97. The van der Waals surface area contributed by atoms with E-state index in [4.69, 9.17) is 4.74 Å². The van der Waals surface area contributed by atoms with Crippen LogP contribution in [0.3, 0.4) is 0 Å². The van der Waals surface area contributed by atoms with Gasteiger partial charge in [-0.1, -0.05) is 48.6 Å². The minimum Gasteiger partial charge on any atom is -0.457 e. The molecule has 19 heavy (non-hydrogen) atoms. The fraction of sp³-hybridized carbons (Fsp3) is 0.111.